The van der Waals surface area contributed by atoms with Crippen LogP contribution in [0.4, 0.5) is 5.82 Å². The van der Waals surface area contributed by atoms with Gasteiger partial charge < -0.3 is 4.90 Å². The zero-order chi connectivity index (χ0) is 21.0. The smallest absolute Gasteiger partial charge is 0.163 e. The zero-order valence-electron chi connectivity index (χ0n) is 17.1. The molecular formula is C25H22N6. The topological polar surface area (TPSA) is 68.9 Å². The van der Waals surface area contributed by atoms with Crippen molar-refractivity contribution >= 4 is 16.7 Å². The lowest BCUT2D eigenvalue weighted by molar-refractivity contribution is 0.249. The lowest BCUT2D eigenvalue weighted by Crippen LogP contribution is -2.46. The lowest BCUT2D eigenvalue weighted by Gasteiger charge is -2.36. The van der Waals surface area contributed by atoms with E-state index in [-0.39, 0.29) is 0 Å². The lowest BCUT2D eigenvalue weighted by atomic mass is 10.1. The summed E-state index contributed by atoms with van der Waals surface area (Å²) < 4.78 is 0. The molecule has 31 heavy (non-hydrogen) atoms. The number of anilines is 1. The van der Waals surface area contributed by atoms with Crippen molar-refractivity contribution in [1.29, 1.82) is 5.26 Å². The second kappa shape index (κ2) is 8.50. The normalized spacial score (nSPS) is 14.5. The first kappa shape index (κ1) is 19.2. The largest absolute Gasteiger partial charge is 0.353 e. The van der Waals surface area contributed by atoms with Gasteiger partial charge in [-0.3, -0.25) is 9.88 Å². The molecule has 0 N–H and O–H groups in total. The summed E-state index contributed by atoms with van der Waals surface area (Å²) in [5, 5.41) is 10.1. The highest BCUT2D eigenvalue weighted by atomic mass is 15.3. The van der Waals surface area contributed by atoms with Gasteiger partial charge in [0.05, 0.1) is 17.1 Å². The number of hydrogen-bond acceptors (Lipinski definition) is 6. The zero-order valence-corrected chi connectivity index (χ0v) is 17.1. The van der Waals surface area contributed by atoms with Crippen molar-refractivity contribution in [3.8, 4) is 17.5 Å². The highest BCUT2D eigenvalue weighted by Gasteiger charge is 2.21. The van der Waals surface area contributed by atoms with Gasteiger partial charge in [0, 0.05) is 56.1 Å². The minimum Gasteiger partial charge on any atom is -0.353 e. The van der Waals surface area contributed by atoms with Crippen LogP contribution >= 0.6 is 0 Å². The molecule has 0 amide bonds. The van der Waals surface area contributed by atoms with E-state index in [0.29, 0.717) is 11.4 Å². The summed E-state index contributed by atoms with van der Waals surface area (Å²) in [7, 11) is 0. The van der Waals surface area contributed by atoms with E-state index in [1.807, 2.05) is 60.8 Å². The molecular weight excluding hydrogens is 384 g/mol. The van der Waals surface area contributed by atoms with Crippen LogP contribution in [0, 0.1) is 11.3 Å². The van der Waals surface area contributed by atoms with Gasteiger partial charge in [-0.05, 0) is 42.0 Å². The van der Waals surface area contributed by atoms with Crippen LogP contribution in [0.2, 0.25) is 0 Å². The molecule has 2 aromatic heterocycles. The first-order valence-corrected chi connectivity index (χ1v) is 10.4. The van der Waals surface area contributed by atoms with Gasteiger partial charge in [-0.2, -0.15) is 5.26 Å². The maximum atomic E-state index is 8.98. The Hall–Kier alpha value is -3.82. The quantitative estimate of drug-likeness (QED) is 0.512. The fraction of sp³-hybridized carbons (Fsp3) is 0.200. The van der Waals surface area contributed by atoms with E-state index in [1.54, 1.807) is 6.20 Å². The van der Waals surface area contributed by atoms with E-state index in [2.05, 4.69) is 26.9 Å². The Labute approximate surface area is 181 Å². The van der Waals surface area contributed by atoms with E-state index in [0.717, 1.165) is 55.0 Å². The number of benzene rings is 2. The van der Waals surface area contributed by atoms with Gasteiger partial charge >= 0.3 is 0 Å². The van der Waals surface area contributed by atoms with Crippen molar-refractivity contribution in [3.63, 3.8) is 0 Å². The molecule has 0 unspecified atom stereocenters. The molecule has 0 radical (unpaired) electrons. The standard InChI is InChI=1S/C25H22N6/c26-16-19-7-9-20(10-8-19)18-30-12-14-31(15-13-30)25-22-5-1-2-6-23(22)28-24(29-25)21-4-3-11-27-17-21/h1-11,17H,12-15,18H2. The van der Waals surface area contributed by atoms with Gasteiger partial charge in [0.15, 0.2) is 5.82 Å². The van der Waals surface area contributed by atoms with Crippen LogP contribution in [0.1, 0.15) is 11.1 Å². The molecule has 1 saturated heterocycles. The Morgan fingerprint density at radius 2 is 1.68 bits per heavy atom. The molecule has 0 aliphatic carbocycles. The monoisotopic (exact) mass is 406 g/mol. The Morgan fingerprint density at radius 3 is 2.42 bits per heavy atom. The molecule has 0 saturated carbocycles. The number of nitrogens with zero attached hydrogens (tertiary/aromatic N) is 6. The molecule has 0 spiro atoms. The number of hydrogen-bond donors (Lipinski definition) is 0. The van der Waals surface area contributed by atoms with Crippen LogP contribution in [-0.2, 0) is 6.54 Å². The van der Waals surface area contributed by atoms with Gasteiger partial charge in [-0.15, -0.1) is 0 Å². The van der Waals surface area contributed by atoms with Gasteiger partial charge in [-0.25, -0.2) is 9.97 Å². The molecule has 6 heteroatoms. The minimum atomic E-state index is 0.702. The predicted octanol–water partition coefficient (Wildman–Crippen LogP) is 3.89. The van der Waals surface area contributed by atoms with Crippen LogP contribution in [-0.4, -0.2) is 46.0 Å². The van der Waals surface area contributed by atoms with E-state index in [1.165, 1.54) is 5.56 Å². The molecule has 4 aromatic rings. The minimum absolute atomic E-state index is 0.702. The van der Waals surface area contributed by atoms with Crippen molar-refractivity contribution < 1.29 is 0 Å². The highest BCUT2D eigenvalue weighted by Crippen LogP contribution is 2.28. The highest BCUT2D eigenvalue weighted by molar-refractivity contribution is 5.91. The van der Waals surface area contributed by atoms with Gasteiger partial charge in [0.25, 0.3) is 0 Å². The molecule has 5 rings (SSSR count). The summed E-state index contributed by atoms with van der Waals surface area (Å²) in [6.07, 6.45) is 3.57. The maximum absolute atomic E-state index is 8.98. The van der Waals surface area contributed by atoms with Crippen LogP contribution in [0.5, 0.6) is 0 Å². The fourth-order valence-electron chi connectivity index (χ4n) is 3.99. The van der Waals surface area contributed by atoms with Crippen LogP contribution in [0.15, 0.2) is 73.1 Å². The number of rotatable bonds is 4. The second-order valence-electron chi connectivity index (χ2n) is 7.70. The third kappa shape index (κ3) is 4.09. The Morgan fingerprint density at radius 1 is 0.871 bits per heavy atom. The molecule has 1 aliphatic heterocycles. The molecule has 6 nitrogen and oxygen atoms in total. The number of aromatic nitrogens is 3. The predicted molar refractivity (Wildman–Crippen MR) is 121 cm³/mol. The summed E-state index contributed by atoms with van der Waals surface area (Å²) in [4.78, 5) is 18.8. The number of piperazine rings is 1. The summed E-state index contributed by atoms with van der Waals surface area (Å²) in [5.41, 5.74) is 3.81. The molecule has 152 valence electrons. The fourth-order valence-corrected chi connectivity index (χ4v) is 3.99. The van der Waals surface area contributed by atoms with Gasteiger partial charge in [0.1, 0.15) is 5.82 Å². The van der Waals surface area contributed by atoms with E-state index >= 15 is 0 Å². The van der Waals surface area contributed by atoms with Gasteiger partial charge in [0.2, 0.25) is 0 Å². The van der Waals surface area contributed by atoms with Crippen LogP contribution in [0.25, 0.3) is 22.3 Å². The summed E-state index contributed by atoms with van der Waals surface area (Å²) in [6.45, 7) is 4.62. The Bertz CT molecular complexity index is 1220. The van der Waals surface area contributed by atoms with Crippen molar-refractivity contribution in [1.82, 2.24) is 19.9 Å². The van der Waals surface area contributed by atoms with E-state index in [9.17, 15) is 0 Å². The van der Waals surface area contributed by atoms with Crippen LogP contribution in [0.3, 0.4) is 0 Å². The molecule has 0 bridgehead atoms. The third-order valence-corrected chi connectivity index (χ3v) is 5.66. The maximum Gasteiger partial charge on any atom is 0.163 e. The van der Waals surface area contributed by atoms with Crippen molar-refractivity contribution in [3.05, 3.63) is 84.2 Å². The summed E-state index contributed by atoms with van der Waals surface area (Å²) >= 11 is 0. The first-order chi connectivity index (χ1) is 15.3. The third-order valence-electron chi connectivity index (χ3n) is 5.66. The molecule has 2 aromatic carbocycles. The van der Waals surface area contributed by atoms with E-state index in [4.69, 9.17) is 15.2 Å². The average Bonchev–Trinajstić information content (AvgIpc) is 2.85. The van der Waals surface area contributed by atoms with Crippen LogP contribution < -0.4 is 4.90 Å². The summed E-state index contributed by atoms with van der Waals surface area (Å²) in [5.74, 6) is 1.70. The van der Waals surface area contributed by atoms with Crippen molar-refractivity contribution in [2.24, 2.45) is 0 Å². The molecule has 0 atom stereocenters. The molecule has 1 fully saturated rings. The van der Waals surface area contributed by atoms with Crippen molar-refractivity contribution in [2.45, 2.75) is 6.54 Å². The Balaban J connectivity index is 1.37. The van der Waals surface area contributed by atoms with Gasteiger partial charge in [-0.1, -0.05) is 24.3 Å². The number of pyridine rings is 1. The number of para-hydroxylation sites is 1. The average molecular weight is 406 g/mol. The molecule has 3 heterocycles. The second-order valence-corrected chi connectivity index (χ2v) is 7.70. The SMILES string of the molecule is N#Cc1ccc(CN2CCN(c3nc(-c4cccnc4)nc4ccccc34)CC2)cc1. The van der Waals surface area contributed by atoms with Crippen molar-refractivity contribution in [2.75, 3.05) is 31.1 Å². The first-order valence-electron chi connectivity index (χ1n) is 10.4. The molecule has 1 aliphatic rings. The van der Waals surface area contributed by atoms with E-state index < -0.39 is 0 Å². The number of fused-ring (bicyclic) bond motifs is 1. The Kier molecular flexibility index (Phi) is 5.26. The summed E-state index contributed by atoms with van der Waals surface area (Å²) in [6, 6.07) is 22.1. The number of nitriles is 1.